The molecule has 0 aliphatic rings. The normalized spacial score (nSPS) is 13.1. The molecule has 0 aliphatic heterocycles. The molecule has 2 nitrogen and oxygen atoms in total. The smallest absolute Gasteiger partial charge is 0.227 e. The van der Waals surface area contributed by atoms with Crippen LogP contribution in [0.15, 0.2) is 120 Å². The molecule has 7 rings (SSSR count). The van der Waals surface area contributed by atoms with E-state index in [9.17, 15) is 0 Å². The van der Waals surface area contributed by atoms with Crippen molar-refractivity contribution >= 4 is 32.6 Å². The predicted molar refractivity (Wildman–Crippen MR) is 183 cm³/mol. The zero-order valence-corrected chi connectivity index (χ0v) is 25.4. The number of aromatic nitrogens is 1. The van der Waals surface area contributed by atoms with E-state index >= 15 is 0 Å². The summed E-state index contributed by atoms with van der Waals surface area (Å²) < 4.78 is 6.40. The molecule has 0 aliphatic carbocycles. The lowest BCUT2D eigenvalue weighted by molar-refractivity contribution is 0.616. The summed E-state index contributed by atoms with van der Waals surface area (Å²) in [5, 5.41) is 5.04. The van der Waals surface area contributed by atoms with Crippen LogP contribution in [0.4, 0.5) is 0 Å². The first-order valence-corrected chi connectivity index (χ1v) is 15.6. The van der Waals surface area contributed by atoms with Crippen molar-refractivity contribution in [2.75, 3.05) is 0 Å². The van der Waals surface area contributed by atoms with Gasteiger partial charge in [-0.3, -0.25) is 0 Å². The van der Waals surface area contributed by atoms with Gasteiger partial charge in [0.05, 0.1) is 0 Å². The molecule has 2 heteroatoms. The van der Waals surface area contributed by atoms with Crippen LogP contribution >= 0.6 is 0 Å². The van der Waals surface area contributed by atoms with Crippen molar-refractivity contribution in [3.05, 3.63) is 126 Å². The zero-order valence-electron chi connectivity index (χ0n) is 25.4. The van der Waals surface area contributed by atoms with Crippen molar-refractivity contribution in [3.63, 3.8) is 0 Å². The standard InChI is InChI=1S/C41H37NO/c1-5-26(3)35-24-37-38(25-36(35)27(4)6-2)43-41(42-37)30-22-20-29(21-23-30)40-33-18-12-10-16-31(33)39(28-14-8-7-9-15-28)32-17-11-13-19-34(32)40/h7-27H,5-6H2,1-4H3. The van der Waals surface area contributed by atoms with Gasteiger partial charge in [0, 0.05) is 5.56 Å². The molecule has 2 unspecified atom stereocenters. The monoisotopic (exact) mass is 559 g/mol. The van der Waals surface area contributed by atoms with Gasteiger partial charge in [-0.2, -0.15) is 0 Å². The first kappa shape index (κ1) is 27.2. The number of hydrogen-bond acceptors (Lipinski definition) is 2. The molecule has 6 aromatic carbocycles. The molecule has 0 spiro atoms. The minimum Gasteiger partial charge on any atom is -0.436 e. The third-order valence-corrected chi connectivity index (χ3v) is 9.29. The average Bonchev–Trinajstić information content (AvgIpc) is 3.49. The largest absolute Gasteiger partial charge is 0.436 e. The Balaban J connectivity index is 1.36. The maximum atomic E-state index is 6.40. The van der Waals surface area contributed by atoms with Crippen molar-refractivity contribution in [3.8, 4) is 33.7 Å². The second kappa shape index (κ2) is 11.2. The summed E-state index contributed by atoms with van der Waals surface area (Å²) in [6, 6.07) is 41.6. The Labute approximate surface area is 254 Å². The van der Waals surface area contributed by atoms with E-state index in [1.54, 1.807) is 0 Å². The second-order valence-electron chi connectivity index (χ2n) is 11.9. The molecular weight excluding hydrogens is 522 g/mol. The molecule has 0 bridgehead atoms. The Morgan fingerprint density at radius 1 is 0.535 bits per heavy atom. The van der Waals surface area contributed by atoms with Crippen LogP contribution in [0.2, 0.25) is 0 Å². The Kier molecular flexibility index (Phi) is 7.07. The highest BCUT2D eigenvalue weighted by Crippen LogP contribution is 2.44. The van der Waals surface area contributed by atoms with Crippen molar-refractivity contribution in [1.82, 2.24) is 4.98 Å². The minimum atomic E-state index is 0.485. The Bertz CT molecular complexity index is 1960. The molecule has 1 heterocycles. The van der Waals surface area contributed by atoms with E-state index in [-0.39, 0.29) is 0 Å². The minimum absolute atomic E-state index is 0.485. The fraction of sp³-hybridized carbons (Fsp3) is 0.195. The molecule has 7 aromatic rings. The number of oxazole rings is 1. The Morgan fingerprint density at radius 2 is 0.977 bits per heavy atom. The highest BCUT2D eigenvalue weighted by atomic mass is 16.3. The number of benzene rings is 6. The van der Waals surface area contributed by atoms with Gasteiger partial charge in [-0.1, -0.05) is 119 Å². The van der Waals surface area contributed by atoms with E-state index in [1.165, 1.54) is 54.9 Å². The SMILES string of the molecule is CCC(C)c1cc2nc(-c3ccc(-c4c5ccccc5c(-c5ccccc5)c5ccccc45)cc3)oc2cc1C(C)CC. The number of rotatable bonds is 7. The van der Waals surface area contributed by atoms with Gasteiger partial charge in [0.2, 0.25) is 5.89 Å². The molecule has 0 amide bonds. The lowest BCUT2D eigenvalue weighted by Crippen LogP contribution is -2.02. The van der Waals surface area contributed by atoms with Gasteiger partial charge >= 0.3 is 0 Å². The second-order valence-corrected chi connectivity index (χ2v) is 11.9. The van der Waals surface area contributed by atoms with E-state index < -0.39 is 0 Å². The summed E-state index contributed by atoms with van der Waals surface area (Å²) >= 11 is 0. The zero-order chi connectivity index (χ0) is 29.5. The predicted octanol–water partition coefficient (Wildman–Crippen LogP) is 12.2. The fourth-order valence-electron chi connectivity index (χ4n) is 6.56. The van der Waals surface area contributed by atoms with Gasteiger partial charge in [0.1, 0.15) is 5.52 Å². The number of hydrogen-bond donors (Lipinski definition) is 0. The third-order valence-electron chi connectivity index (χ3n) is 9.29. The highest BCUT2D eigenvalue weighted by Gasteiger charge is 2.19. The van der Waals surface area contributed by atoms with Crippen molar-refractivity contribution in [2.45, 2.75) is 52.4 Å². The van der Waals surface area contributed by atoms with Crippen LogP contribution in [0.25, 0.3) is 66.4 Å². The molecule has 43 heavy (non-hydrogen) atoms. The topological polar surface area (TPSA) is 26.0 Å². The van der Waals surface area contributed by atoms with Crippen molar-refractivity contribution < 1.29 is 4.42 Å². The first-order chi connectivity index (χ1) is 21.1. The molecule has 212 valence electrons. The van der Waals surface area contributed by atoms with Crippen LogP contribution < -0.4 is 0 Å². The molecule has 0 fully saturated rings. The van der Waals surface area contributed by atoms with Gasteiger partial charge < -0.3 is 4.42 Å². The molecule has 1 aromatic heterocycles. The van der Waals surface area contributed by atoms with E-state index in [0.717, 1.165) is 29.5 Å². The quantitative estimate of drug-likeness (QED) is 0.182. The fourth-order valence-corrected chi connectivity index (χ4v) is 6.56. The van der Waals surface area contributed by atoms with Crippen LogP contribution in [0.3, 0.4) is 0 Å². The van der Waals surface area contributed by atoms with Crippen molar-refractivity contribution in [2.24, 2.45) is 0 Å². The number of nitrogens with zero attached hydrogens (tertiary/aromatic N) is 1. The van der Waals surface area contributed by atoms with Gasteiger partial charge in [0.15, 0.2) is 5.58 Å². The Hall–Kier alpha value is -4.69. The summed E-state index contributed by atoms with van der Waals surface area (Å²) in [5.41, 5.74) is 10.6. The maximum Gasteiger partial charge on any atom is 0.227 e. The average molecular weight is 560 g/mol. The summed E-state index contributed by atoms with van der Waals surface area (Å²) in [6.45, 7) is 9.13. The molecule has 0 radical (unpaired) electrons. The van der Waals surface area contributed by atoms with Gasteiger partial charge in [-0.05, 0) is 104 Å². The Morgan fingerprint density at radius 3 is 1.49 bits per heavy atom. The highest BCUT2D eigenvalue weighted by molar-refractivity contribution is 6.21. The lowest BCUT2D eigenvalue weighted by atomic mass is 9.86. The van der Waals surface area contributed by atoms with Crippen LogP contribution in [0.5, 0.6) is 0 Å². The van der Waals surface area contributed by atoms with Crippen LogP contribution in [-0.4, -0.2) is 4.98 Å². The molecular formula is C41H37NO. The van der Waals surface area contributed by atoms with Crippen LogP contribution in [0.1, 0.15) is 63.5 Å². The van der Waals surface area contributed by atoms with Crippen LogP contribution in [-0.2, 0) is 0 Å². The summed E-state index contributed by atoms with van der Waals surface area (Å²) in [7, 11) is 0. The summed E-state index contributed by atoms with van der Waals surface area (Å²) in [6.07, 6.45) is 2.21. The molecule has 0 N–H and O–H groups in total. The van der Waals surface area contributed by atoms with Crippen molar-refractivity contribution in [1.29, 1.82) is 0 Å². The summed E-state index contributed by atoms with van der Waals surface area (Å²) in [4.78, 5) is 4.97. The summed E-state index contributed by atoms with van der Waals surface area (Å²) in [5.74, 6) is 1.65. The molecule has 2 atom stereocenters. The third kappa shape index (κ3) is 4.72. The maximum absolute atomic E-state index is 6.40. The molecule has 0 saturated carbocycles. The van der Waals surface area contributed by atoms with E-state index in [0.29, 0.717) is 17.7 Å². The van der Waals surface area contributed by atoms with Gasteiger partial charge in [-0.25, -0.2) is 4.98 Å². The van der Waals surface area contributed by atoms with Gasteiger partial charge in [-0.15, -0.1) is 0 Å². The van der Waals surface area contributed by atoms with Gasteiger partial charge in [0.25, 0.3) is 0 Å². The van der Waals surface area contributed by atoms with Crippen LogP contribution in [0, 0.1) is 0 Å². The van der Waals surface area contributed by atoms with E-state index in [2.05, 4.69) is 143 Å². The molecule has 0 saturated heterocycles. The van der Waals surface area contributed by atoms with E-state index in [1.807, 2.05) is 0 Å². The lowest BCUT2D eigenvalue weighted by Gasteiger charge is -2.19. The number of fused-ring (bicyclic) bond motifs is 3. The van der Waals surface area contributed by atoms with E-state index in [4.69, 9.17) is 9.40 Å². The first-order valence-electron chi connectivity index (χ1n) is 15.6.